The summed E-state index contributed by atoms with van der Waals surface area (Å²) in [5.74, 6) is 3.92. The third-order valence-electron chi connectivity index (χ3n) is 15.5. The van der Waals surface area contributed by atoms with Gasteiger partial charge >= 0.3 is 12.2 Å². The number of piperidine rings is 1. The number of piperazine rings is 1. The zero-order chi connectivity index (χ0) is 57.6. The fourth-order valence-electron chi connectivity index (χ4n) is 10.6. The summed E-state index contributed by atoms with van der Waals surface area (Å²) in [5, 5.41) is 30.7. The van der Waals surface area contributed by atoms with E-state index in [9.17, 15) is 19.8 Å². The van der Waals surface area contributed by atoms with E-state index in [1.807, 2.05) is 22.8 Å². The number of cyclic esters (lactones) is 1. The Balaban J connectivity index is 0.565. The van der Waals surface area contributed by atoms with E-state index in [1.165, 1.54) is 28.2 Å². The number of aryl methyl sites for hydroxylation is 1. The van der Waals surface area contributed by atoms with Crippen LogP contribution in [0.25, 0.3) is 5.65 Å². The van der Waals surface area contributed by atoms with Crippen molar-refractivity contribution in [3.05, 3.63) is 88.9 Å². The van der Waals surface area contributed by atoms with Crippen molar-refractivity contribution in [2.45, 2.75) is 96.5 Å². The molecule has 452 valence electrons. The first-order valence-corrected chi connectivity index (χ1v) is 29.7. The molecular formula is C59H84N12O12. The molecule has 5 aromatic rings. The molecule has 4 N–H and O–H groups in total. The molecule has 1 saturated carbocycles. The van der Waals surface area contributed by atoms with Crippen molar-refractivity contribution in [3.8, 4) is 5.88 Å². The Labute approximate surface area is 486 Å². The van der Waals surface area contributed by atoms with E-state index in [1.54, 1.807) is 12.4 Å². The smallest absolute Gasteiger partial charge is 0.415 e. The number of anilines is 4. The number of ether oxygens (including phenoxy) is 8. The van der Waals surface area contributed by atoms with Crippen LogP contribution in [0.4, 0.5) is 33.0 Å². The molecule has 3 fully saturated rings. The number of hydrogen-bond acceptors (Lipinski definition) is 20. The van der Waals surface area contributed by atoms with Gasteiger partial charge in [0.1, 0.15) is 30.7 Å². The number of carbonyl (C=O) groups excluding carboxylic acids is 1. The van der Waals surface area contributed by atoms with Crippen LogP contribution < -0.4 is 25.2 Å². The number of carboxylic acid groups (broad SMARTS) is 1. The number of aliphatic hydroxyl groups is 1. The molecular weight excluding hydrogens is 1070 g/mol. The number of benzene rings is 1. The van der Waals surface area contributed by atoms with Crippen molar-refractivity contribution in [2.24, 2.45) is 5.92 Å². The van der Waals surface area contributed by atoms with Gasteiger partial charge < -0.3 is 68.5 Å². The Hall–Kier alpha value is -6.51. The number of nitrogens with one attached hydrogen (secondary N) is 2. The second kappa shape index (κ2) is 32.0. The first-order valence-electron chi connectivity index (χ1n) is 29.7. The van der Waals surface area contributed by atoms with Gasteiger partial charge in [0, 0.05) is 88.0 Å². The lowest BCUT2D eigenvalue weighted by atomic mass is 9.96. The van der Waals surface area contributed by atoms with E-state index in [0.717, 1.165) is 98.1 Å². The Morgan fingerprint density at radius 1 is 0.771 bits per heavy atom. The molecule has 3 atom stereocenters. The molecule has 2 saturated heterocycles. The Morgan fingerprint density at radius 3 is 2.08 bits per heavy atom. The maximum atomic E-state index is 12.9. The Bertz CT molecular complexity index is 2760. The van der Waals surface area contributed by atoms with Gasteiger partial charge in [-0.05, 0) is 68.1 Å². The molecule has 0 spiro atoms. The molecule has 24 nitrogen and oxygen atoms in total. The van der Waals surface area contributed by atoms with Crippen LogP contribution in [0.5, 0.6) is 5.88 Å². The van der Waals surface area contributed by atoms with E-state index >= 15 is 0 Å². The minimum absolute atomic E-state index is 0.0968. The summed E-state index contributed by atoms with van der Waals surface area (Å²) in [4.78, 5) is 50.9. The molecule has 1 aliphatic carbocycles. The summed E-state index contributed by atoms with van der Waals surface area (Å²) in [6.07, 6.45) is 12.5. The van der Waals surface area contributed by atoms with Gasteiger partial charge in [-0.1, -0.05) is 50.1 Å². The second-order valence-electron chi connectivity index (χ2n) is 21.3. The number of aromatic nitrogens is 6. The van der Waals surface area contributed by atoms with Crippen LogP contribution in [0.15, 0.2) is 61.1 Å². The minimum Gasteiger partial charge on any atom is -0.475 e. The normalized spacial score (nSPS) is 17.4. The summed E-state index contributed by atoms with van der Waals surface area (Å²) >= 11 is 0. The summed E-state index contributed by atoms with van der Waals surface area (Å²) < 4.78 is 47.0. The molecule has 0 bridgehead atoms. The van der Waals surface area contributed by atoms with Crippen LogP contribution in [0.1, 0.15) is 98.7 Å². The van der Waals surface area contributed by atoms with Gasteiger partial charge in [0.15, 0.2) is 5.65 Å². The number of hydrogen-bond donors (Lipinski definition) is 4. The highest BCUT2D eigenvalue weighted by Gasteiger charge is 2.33. The van der Waals surface area contributed by atoms with Crippen molar-refractivity contribution in [2.75, 3.05) is 152 Å². The molecule has 4 aliphatic rings. The molecule has 9 rings (SSSR count). The van der Waals surface area contributed by atoms with Crippen molar-refractivity contribution in [1.82, 2.24) is 39.3 Å². The van der Waals surface area contributed by atoms with E-state index < -0.39 is 12.2 Å². The van der Waals surface area contributed by atoms with Crippen molar-refractivity contribution >= 4 is 41.2 Å². The van der Waals surface area contributed by atoms with Crippen LogP contribution >= 0.6 is 0 Å². The van der Waals surface area contributed by atoms with E-state index in [0.29, 0.717) is 122 Å². The zero-order valence-corrected chi connectivity index (χ0v) is 48.2. The number of amides is 2. The molecule has 2 amide bonds. The summed E-state index contributed by atoms with van der Waals surface area (Å²) in [5.41, 5.74) is 5.98. The van der Waals surface area contributed by atoms with Gasteiger partial charge in [0.05, 0.1) is 104 Å². The lowest BCUT2D eigenvalue weighted by Crippen LogP contribution is -2.49. The van der Waals surface area contributed by atoms with Crippen LogP contribution in [-0.4, -0.2) is 200 Å². The fourth-order valence-corrected chi connectivity index (χ4v) is 10.6. The minimum atomic E-state index is -0.849. The van der Waals surface area contributed by atoms with E-state index in [4.69, 9.17) is 47.9 Å². The molecule has 24 heteroatoms. The molecule has 0 radical (unpaired) electrons. The average molecular weight is 1150 g/mol. The molecule has 0 unspecified atom stereocenters. The van der Waals surface area contributed by atoms with Crippen molar-refractivity contribution < 1.29 is 57.7 Å². The van der Waals surface area contributed by atoms with E-state index in [-0.39, 0.29) is 44.5 Å². The zero-order valence-electron chi connectivity index (χ0n) is 48.2. The predicted molar refractivity (Wildman–Crippen MR) is 310 cm³/mol. The third-order valence-corrected chi connectivity index (χ3v) is 15.5. The lowest BCUT2D eigenvalue weighted by Gasteiger charge is -2.38. The first kappa shape index (κ1) is 61.1. The standard InChI is InChI=1S/C59H84N12O12/c1-3-46-41-63-71-52(37-53(65-56(46)71)69-16-5-4-6-50(69)15-22-72)60-38-45-9-14-54(61-39-45)82-35-34-81-33-32-80-31-30-79-29-28-78-27-26-77-25-24-76-23-21-70-55-49(42-83-59(70)75)40-62-57(66-55)64-43(2)47-10-12-48(13-11-47)51(36-44-7-8-44)67-17-19-68(20-18-67)58(73)74/h9-14,37,39-41,43-44,50-51,60,72H,3-8,15-36,38,42H2,1-2H3,(H,73,74)(H,62,64,66)/t43-,50-,51-/m0/s1. The van der Waals surface area contributed by atoms with Gasteiger partial charge in [-0.25, -0.2) is 24.5 Å². The van der Waals surface area contributed by atoms with Gasteiger partial charge in [0.2, 0.25) is 11.8 Å². The highest BCUT2D eigenvalue weighted by atomic mass is 16.6. The molecule has 3 aliphatic heterocycles. The Morgan fingerprint density at radius 2 is 1.45 bits per heavy atom. The van der Waals surface area contributed by atoms with Crippen LogP contribution in [0, 0.1) is 5.92 Å². The lowest BCUT2D eigenvalue weighted by molar-refractivity contribution is -0.0176. The number of carbonyl (C=O) groups is 2. The third kappa shape index (κ3) is 18.0. The van der Waals surface area contributed by atoms with Gasteiger partial charge in [-0.15, -0.1) is 0 Å². The largest absolute Gasteiger partial charge is 0.475 e. The van der Waals surface area contributed by atoms with Crippen LogP contribution in [-0.2, 0) is 52.7 Å². The maximum Gasteiger partial charge on any atom is 0.415 e. The number of aliphatic hydroxyl groups excluding tert-OH is 1. The topological polar surface area (TPSA) is 254 Å². The first-order chi connectivity index (χ1) is 40.7. The summed E-state index contributed by atoms with van der Waals surface area (Å²) in [6.45, 7) is 13.9. The molecule has 1 aromatic carbocycles. The number of rotatable bonds is 36. The molecule has 4 aromatic heterocycles. The van der Waals surface area contributed by atoms with Crippen LogP contribution in [0.3, 0.4) is 0 Å². The van der Waals surface area contributed by atoms with Gasteiger partial charge in [-0.3, -0.25) is 9.80 Å². The number of fused-ring (bicyclic) bond motifs is 2. The van der Waals surface area contributed by atoms with Crippen molar-refractivity contribution in [3.63, 3.8) is 0 Å². The Kier molecular flexibility index (Phi) is 23.5. The number of pyridine rings is 1. The summed E-state index contributed by atoms with van der Waals surface area (Å²) in [7, 11) is 0. The molecule has 7 heterocycles. The fraction of sp³-hybridized carbons (Fsp3) is 0.610. The van der Waals surface area contributed by atoms with Gasteiger partial charge in [-0.2, -0.15) is 14.6 Å². The maximum absolute atomic E-state index is 12.9. The monoisotopic (exact) mass is 1150 g/mol. The molecule has 83 heavy (non-hydrogen) atoms. The van der Waals surface area contributed by atoms with E-state index in [2.05, 4.69) is 79.7 Å². The average Bonchev–Trinajstić information content (AvgIpc) is 4.42. The summed E-state index contributed by atoms with van der Waals surface area (Å²) in [6, 6.07) is 15.0. The highest BCUT2D eigenvalue weighted by Crippen LogP contribution is 2.41. The van der Waals surface area contributed by atoms with Crippen molar-refractivity contribution in [1.29, 1.82) is 0 Å². The quantitative estimate of drug-likeness (QED) is 0.0302. The SMILES string of the molecule is CCc1cnn2c(NCc3ccc(OCCOCCOCCOCCOCCOCCOCCN4C(=O)OCc5cnc(N[C@@H](C)c6ccc([C@H](CC7CC7)N7CCN(C(=O)O)CC7)cc6)nc54)nc3)cc(N3CCCC[C@H]3CCO)nc12. The second-order valence-corrected chi connectivity index (χ2v) is 21.3. The number of nitrogens with zero attached hydrogens (tertiary/aromatic N) is 10. The highest BCUT2D eigenvalue weighted by molar-refractivity contribution is 5.89. The van der Waals surface area contributed by atoms with Gasteiger partial charge in [0.25, 0.3) is 0 Å². The van der Waals surface area contributed by atoms with Crippen LogP contribution in [0.2, 0.25) is 0 Å². The predicted octanol–water partition coefficient (Wildman–Crippen LogP) is 6.78.